The lowest BCUT2D eigenvalue weighted by Gasteiger charge is -1.96. The molecule has 0 aliphatic rings. The Kier molecular flexibility index (Phi) is 3.54. The second kappa shape index (κ2) is 5.48. The molecule has 0 radical (unpaired) electrons. The molecule has 2 aromatic carbocycles. The monoisotopic (exact) mass is 233 g/mol. The van der Waals surface area contributed by atoms with E-state index in [-0.39, 0.29) is 5.75 Å². The minimum absolute atomic E-state index is 0.0657. The molecule has 2 nitrogen and oxygen atoms in total. The molecular formula is C16H11NO. The molecule has 0 atom stereocenters. The fraction of sp³-hybridized carbons (Fsp3) is 0. The van der Waals surface area contributed by atoms with E-state index in [0.29, 0.717) is 5.69 Å². The summed E-state index contributed by atoms with van der Waals surface area (Å²) >= 11 is 0. The molecule has 0 fully saturated rings. The molecule has 0 unspecified atom stereocenters. The number of rotatable bonds is 0. The van der Waals surface area contributed by atoms with Crippen molar-refractivity contribution in [2.45, 2.75) is 0 Å². The molecular weight excluding hydrogens is 222 g/mol. The van der Waals surface area contributed by atoms with Crippen LogP contribution in [-0.2, 0) is 0 Å². The Bertz CT molecular complexity index is 667. The van der Waals surface area contributed by atoms with Crippen molar-refractivity contribution in [2.75, 3.05) is 5.73 Å². The van der Waals surface area contributed by atoms with Crippen molar-refractivity contribution in [3.63, 3.8) is 0 Å². The molecule has 0 aliphatic heterocycles. The Morgan fingerprint density at radius 3 is 2.17 bits per heavy atom. The number of nitrogens with two attached hydrogens (primary N) is 1. The van der Waals surface area contributed by atoms with Gasteiger partial charge in [0, 0.05) is 11.1 Å². The molecule has 0 aromatic heterocycles. The van der Waals surface area contributed by atoms with Crippen LogP contribution in [-0.4, -0.2) is 5.11 Å². The molecule has 0 amide bonds. The van der Waals surface area contributed by atoms with Crippen LogP contribution in [0.2, 0.25) is 0 Å². The van der Waals surface area contributed by atoms with Gasteiger partial charge in [0.1, 0.15) is 5.75 Å². The van der Waals surface area contributed by atoms with E-state index in [0.717, 1.165) is 11.1 Å². The minimum Gasteiger partial charge on any atom is -0.506 e. The topological polar surface area (TPSA) is 46.2 Å². The van der Waals surface area contributed by atoms with Gasteiger partial charge in [0.15, 0.2) is 0 Å². The summed E-state index contributed by atoms with van der Waals surface area (Å²) in [6, 6.07) is 14.5. The molecule has 0 spiro atoms. The lowest BCUT2D eigenvalue weighted by atomic mass is 10.2. The second-order valence-corrected chi connectivity index (χ2v) is 3.64. The zero-order valence-corrected chi connectivity index (χ0v) is 9.64. The lowest BCUT2D eigenvalue weighted by molar-refractivity contribution is 0.478. The summed E-state index contributed by atoms with van der Waals surface area (Å²) in [7, 11) is 0. The Labute approximate surface area is 106 Å². The average Bonchev–Trinajstić information content (AvgIpc) is 2.40. The molecule has 86 valence electrons. The summed E-state index contributed by atoms with van der Waals surface area (Å²) in [6.07, 6.45) is 0. The van der Waals surface area contributed by atoms with Crippen LogP contribution in [0.5, 0.6) is 5.75 Å². The molecule has 3 N–H and O–H groups in total. The maximum Gasteiger partial charge on any atom is 0.138 e. The van der Waals surface area contributed by atoms with E-state index in [4.69, 9.17) is 5.73 Å². The van der Waals surface area contributed by atoms with Gasteiger partial charge in [0.25, 0.3) is 0 Å². The van der Waals surface area contributed by atoms with Crippen molar-refractivity contribution in [2.24, 2.45) is 0 Å². The Balaban J connectivity index is 2.14. The molecule has 2 heteroatoms. The zero-order chi connectivity index (χ0) is 12.8. The second-order valence-electron chi connectivity index (χ2n) is 3.64. The quantitative estimate of drug-likeness (QED) is 0.417. The highest BCUT2D eigenvalue weighted by molar-refractivity contribution is 5.57. The van der Waals surface area contributed by atoms with Gasteiger partial charge in [0.05, 0.1) is 5.69 Å². The van der Waals surface area contributed by atoms with Crippen LogP contribution < -0.4 is 5.73 Å². The van der Waals surface area contributed by atoms with Crippen molar-refractivity contribution in [3.05, 3.63) is 59.7 Å². The summed E-state index contributed by atoms with van der Waals surface area (Å²) in [5, 5.41) is 9.26. The van der Waals surface area contributed by atoms with Gasteiger partial charge in [-0.05, 0) is 42.2 Å². The van der Waals surface area contributed by atoms with Gasteiger partial charge in [-0.15, -0.1) is 0 Å². The number of nitrogen functional groups attached to an aromatic ring is 1. The predicted molar refractivity (Wildman–Crippen MR) is 72.7 cm³/mol. The first-order valence-electron chi connectivity index (χ1n) is 5.41. The van der Waals surface area contributed by atoms with E-state index in [1.54, 1.807) is 12.1 Å². The van der Waals surface area contributed by atoms with Crippen molar-refractivity contribution in [1.82, 2.24) is 0 Å². The standard InChI is InChI=1S/C16H11NO/c17-15-12-14(10-11-16(15)18)9-5-4-8-13-6-2-1-3-7-13/h1-3,6-7,10-12,18H,17H2. The predicted octanol–water partition coefficient (Wildman–Crippen LogP) is 2.38. The van der Waals surface area contributed by atoms with Crippen molar-refractivity contribution in [1.29, 1.82) is 0 Å². The van der Waals surface area contributed by atoms with Crippen LogP contribution in [0.25, 0.3) is 0 Å². The van der Waals surface area contributed by atoms with Crippen LogP contribution in [0, 0.1) is 23.7 Å². The lowest BCUT2D eigenvalue weighted by Crippen LogP contribution is -1.86. The van der Waals surface area contributed by atoms with Crippen molar-refractivity contribution >= 4 is 5.69 Å². The number of benzene rings is 2. The van der Waals surface area contributed by atoms with E-state index < -0.39 is 0 Å². The number of hydrogen-bond acceptors (Lipinski definition) is 2. The molecule has 0 aliphatic carbocycles. The van der Waals surface area contributed by atoms with Gasteiger partial charge in [-0.2, -0.15) is 0 Å². The van der Waals surface area contributed by atoms with Crippen LogP contribution in [0.15, 0.2) is 48.5 Å². The Morgan fingerprint density at radius 1 is 0.833 bits per heavy atom. The van der Waals surface area contributed by atoms with E-state index in [1.165, 1.54) is 6.07 Å². The van der Waals surface area contributed by atoms with Crippen molar-refractivity contribution in [3.8, 4) is 29.4 Å². The summed E-state index contributed by atoms with van der Waals surface area (Å²) < 4.78 is 0. The fourth-order valence-corrected chi connectivity index (χ4v) is 1.36. The average molecular weight is 233 g/mol. The summed E-state index contributed by atoms with van der Waals surface area (Å²) in [5.74, 6) is 11.4. The summed E-state index contributed by atoms with van der Waals surface area (Å²) in [5.41, 5.74) is 7.54. The zero-order valence-electron chi connectivity index (χ0n) is 9.64. The number of phenols is 1. The van der Waals surface area contributed by atoms with Crippen LogP contribution in [0.3, 0.4) is 0 Å². The van der Waals surface area contributed by atoms with Crippen LogP contribution in [0.4, 0.5) is 5.69 Å². The van der Waals surface area contributed by atoms with Gasteiger partial charge in [0.2, 0.25) is 0 Å². The van der Waals surface area contributed by atoms with Crippen LogP contribution >= 0.6 is 0 Å². The van der Waals surface area contributed by atoms with Gasteiger partial charge >= 0.3 is 0 Å². The fourth-order valence-electron chi connectivity index (χ4n) is 1.36. The third-order valence-electron chi connectivity index (χ3n) is 2.28. The molecule has 0 saturated carbocycles. The molecule has 0 bridgehead atoms. The first-order valence-corrected chi connectivity index (χ1v) is 5.41. The van der Waals surface area contributed by atoms with Crippen molar-refractivity contribution < 1.29 is 5.11 Å². The minimum atomic E-state index is 0.0657. The number of hydrogen-bond donors (Lipinski definition) is 2. The Morgan fingerprint density at radius 2 is 1.50 bits per heavy atom. The number of phenolic OH excluding ortho intramolecular Hbond substituents is 1. The number of aromatic hydroxyl groups is 1. The SMILES string of the molecule is Nc1cc(C#CC#Cc2ccccc2)ccc1O. The number of anilines is 1. The summed E-state index contributed by atoms with van der Waals surface area (Å²) in [4.78, 5) is 0. The van der Waals surface area contributed by atoms with Gasteiger partial charge < -0.3 is 10.8 Å². The maximum atomic E-state index is 9.26. The van der Waals surface area contributed by atoms with E-state index in [9.17, 15) is 5.11 Å². The molecule has 0 saturated heterocycles. The Hall–Kier alpha value is -2.84. The highest BCUT2D eigenvalue weighted by Gasteiger charge is 1.95. The largest absolute Gasteiger partial charge is 0.506 e. The molecule has 0 heterocycles. The molecule has 2 aromatic rings. The molecule has 18 heavy (non-hydrogen) atoms. The van der Waals surface area contributed by atoms with E-state index in [1.807, 2.05) is 30.3 Å². The van der Waals surface area contributed by atoms with Gasteiger partial charge in [-0.3, -0.25) is 0 Å². The van der Waals surface area contributed by atoms with E-state index >= 15 is 0 Å². The normalized spacial score (nSPS) is 8.67. The van der Waals surface area contributed by atoms with Crippen LogP contribution in [0.1, 0.15) is 11.1 Å². The van der Waals surface area contributed by atoms with Gasteiger partial charge in [-0.25, -0.2) is 0 Å². The maximum absolute atomic E-state index is 9.26. The molecule has 2 rings (SSSR count). The summed E-state index contributed by atoms with van der Waals surface area (Å²) in [6.45, 7) is 0. The van der Waals surface area contributed by atoms with Gasteiger partial charge in [-0.1, -0.05) is 30.0 Å². The smallest absolute Gasteiger partial charge is 0.138 e. The highest BCUT2D eigenvalue weighted by atomic mass is 16.3. The first-order chi connectivity index (χ1) is 8.75. The highest BCUT2D eigenvalue weighted by Crippen LogP contribution is 2.19. The van der Waals surface area contributed by atoms with E-state index in [2.05, 4.69) is 23.7 Å². The third kappa shape index (κ3) is 3.07. The first kappa shape index (κ1) is 11.6. The third-order valence-corrected chi connectivity index (χ3v) is 2.28.